The van der Waals surface area contributed by atoms with Crippen LogP contribution in [0.25, 0.3) is 5.69 Å². The fourth-order valence-electron chi connectivity index (χ4n) is 1.51. The lowest BCUT2D eigenvalue weighted by Crippen LogP contribution is -2.17. The maximum Gasteiger partial charge on any atom is 0.0992 e. The third-order valence-corrected chi connectivity index (χ3v) is 2.14. The average Bonchev–Trinajstić information content (AvgIpc) is 2.69. The highest BCUT2D eigenvalue weighted by molar-refractivity contribution is 5.32. The van der Waals surface area contributed by atoms with Gasteiger partial charge in [-0.05, 0) is 25.0 Å². The Balaban J connectivity index is 2.27. The predicted octanol–water partition coefficient (Wildman–Crippen LogP) is 1.16. The molecule has 0 saturated carbocycles. The van der Waals surface area contributed by atoms with Gasteiger partial charge in [0, 0.05) is 24.6 Å². The Morgan fingerprint density at radius 1 is 1.40 bits per heavy atom. The summed E-state index contributed by atoms with van der Waals surface area (Å²) in [6, 6.07) is 2.24. The van der Waals surface area contributed by atoms with Gasteiger partial charge in [0.1, 0.15) is 0 Å². The zero-order valence-electron chi connectivity index (χ0n) is 8.67. The zero-order chi connectivity index (χ0) is 10.7. The van der Waals surface area contributed by atoms with Crippen molar-refractivity contribution >= 4 is 0 Å². The van der Waals surface area contributed by atoms with Gasteiger partial charge in [-0.3, -0.25) is 4.98 Å². The van der Waals surface area contributed by atoms with Crippen LogP contribution in [0.3, 0.4) is 0 Å². The van der Waals surface area contributed by atoms with Crippen molar-refractivity contribution in [3.8, 4) is 5.69 Å². The van der Waals surface area contributed by atoms with Crippen LogP contribution < -0.4 is 5.73 Å². The molecule has 4 heteroatoms. The van der Waals surface area contributed by atoms with Gasteiger partial charge in [-0.1, -0.05) is 0 Å². The van der Waals surface area contributed by atoms with E-state index in [0.717, 1.165) is 17.7 Å². The maximum absolute atomic E-state index is 5.75. The van der Waals surface area contributed by atoms with Gasteiger partial charge in [-0.2, -0.15) is 0 Å². The number of aromatic nitrogens is 3. The van der Waals surface area contributed by atoms with Crippen LogP contribution in [0.2, 0.25) is 0 Å². The van der Waals surface area contributed by atoms with Crippen LogP contribution in [0.4, 0.5) is 0 Å². The van der Waals surface area contributed by atoms with Crippen LogP contribution in [0, 0.1) is 0 Å². The Hall–Kier alpha value is -1.68. The molecule has 15 heavy (non-hydrogen) atoms. The van der Waals surface area contributed by atoms with Gasteiger partial charge in [-0.25, -0.2) is 4.98 Å². The minimum absolute atomic E-state index is 0.157. The summed E-state index contributed by atoms with van der Waals surface area (Å²) >= 11 is 0. The molecule has 2 aromatic rings. The Labute approximate surface area is 88.8 Å². The van der Waals surface area contributed by atoms with Gasteiger partial charge < -0.3 is 10.3 Å². The molecule has 0 bridgehead atoms. The lowest BCUT2D eigenvalue weighted by atomic mass is 10.1. The van der Waals surface area contributed by atoms with Crippen molar-refractivity contribution in [3.05, 3.63) is 42.7 Å². The van der Waals surface area contributed by atoms with Crippen molar-refractivity contribution in [2.75, 3.05) is 0 Å². The van der Waals surface area contributed by atoms with Crippen molar-refractivity contribution < 1.29 is 0 Å². The number of rotatable bonds is 3. The fraction of sp³-hybridized carbons (Fsp3) is 0.273. The number of pyridine rings is 1. The summed E-state index contributed by atoms with van der Waals surface area (Å²) in [5, 5.41) is 0. The Morgan fingerprint density at radius 2 is 2.27 bits per heavy atom. The molecule has 0 radical (unpaired) electrons. The van der Waals surface area contributed by atoms with E-state index >= 15 is 0 Å². The zero-order valence-corrected chi connectivity index (χ0v) is 8.67. The molecular weight excluding hydrogens is 188 g/mol. The third-order valence-electron chi connectivity index (χ3n) is 2.14. The molecule has 0 aromatic carbocycles. The van der Waals surface area contributed by atoms with Crippen molar-refractivity contribution in [2.24, 2.45) is 5.73 Å². The molecule has 0 spiro atoms. The van der Waals surface area contributed by atoms with Gasteiger partial charge in [0.15, 0.2) is 0 Å². The SMILES string of the molecule is CC(N)Cc1cncc(-n2ccnc2)c1. The van der Waals surface area contributed by atoms with Gasteiger partial charge in [0.2, 0.25) is 0 Å². The molecule has 0 amide bonds. The minimum Gasteiger partial charge on any atom is -0.328 e. The number of imidazole rings is 1. The largest absolute Gasteiger partial charge is 0.328 e. The highest BCUT2D eigenvalue weighted by Gasteiger charge is 2.01. The van der Waals surface area contributed by atoms with Gasteiger partial charge in [0.25, 0.3) is 0 Å². The van der Waals surface area contributed by atoms with Crippen LogP contribution in [-0.2, 0) is 6.42 Å². The lowest BCUT2D eigenvalue weighted by molar-refractivity contribution is 0.735. The summed E-state index contributed by atoms with van der Waals surface area (Å²) in [5.74, 6) is 0. The maximum atomic E-state index is 5.75. The molecule has 2 aromatic heterocycles. The minimum atomic E-state index is 0.157. The van der Waals surface area contributed by atoms with E-state index in [9.17, 15) is 0 Å². The molecule has 0 saturated heterocycles. The third kappa shape index (κ3) is 2.41. The second-order valence-corrected chi connectivity index (χ2v) is 3.70. The smallest absolute Gasteiger partial charge is 0.0992 e. The van der Waals surface area contributed by atoms with Crippen LogP contribution >= 0.6 is 0 Å². The molecule has 2 rings (SSSR count). The molecular formula is C11H14N4. The van der Waals surface area contributed by atoms with E-state index in [1.165, 1.54) is 0 Å². The van der Waals surface area contributed by atoms with E-state index in [1.54, 1.807) is 12.5 Å². The van der Waals surface area contributed by atoms with E-state index in [2.05, 4.69) is 16.0 Å². The number of nitrogens with zero attached hydrogens (tertiary/aromatic N) is 3. The second-order valence-electron chi connectivity index (χ2n) is 3.70. The predicted molar refractivity (Wildman–Crippen MR) is 58.7 cm³/mol. The Morgan fingerprint density at radius 3 is 2.93 bits per heavy atom. The normalized spacial score (nSPS) is 12.7. The van der Waals surface area contributed by atoms with Crippen LogP contribution in [0.15, 0.2) is 37.2 Å². The van der Waals surface area contributed by atoms with Crippen LogP contribution in [0.1, 0.15) is 12.5 Å². The van der Waals surface area contributed by atoms with Gasteiger partial charge in [0.05, 0.1) is 18.2 Å². The molecule has 0 aliphatic rings. The van der Waals surface area contributed by atoms with E-state index < -0.39 is 0 Å². The van der Waals surface area contributed by atoms with Crippen molar-refractivity contribution in [1.82, 2.24) is 14.5 Å². The summed E-state index contributed by atoms with van der Waals surface area (Å²) < 4.78 is 1.93. The number of hydrogen-bond donors (Lipinski definition) is 1. The van der Waals surface area contributed by atoms with Gasteiger partial charge in [-0.15, -0.1) is 0 Å². The summed E-state index contributed by atoms with van der Waals surface area (Å²) in [6.45, 7) is 1.99. The summed E-state index contributed by atoms with van der Waals surface area (Å²) in [7, 11) is 0. The fourth-order valence-corrected chi connectivity index (χ4v) is 1.51. The van der Waals surface area contributed by atoms with Crippen molar-refractivity contribution in [3.63, 3.8) is 0 Å². The van der Waals surface area contributed by atoms with E-state index in [0.29, 0.717) is 0 Å². The van der Waals surface area contributed by atoms with E-state index in [1.807, 2.05) is 30.1 Å². The molecule has 0 aliphatic carbocycles. The number of hydrogen-bond acceptors (Lipinski definition) is 3. The molecule has 78 valence electrons. The lowest BCUT2D eigenvalue weighted by Gasteiger charge is -2.07. The summed E-state index contributed by atoms with van der Waals surface area (Å²) in [6.07, 6.45) is 9.91. The Bertz CT molecular complexity index is 420. The van der Waals surface area contributed by atoms with Crippen molar-refractivity contribution in [2.45, 2.75) is 19.4 Å². The first kappa shape index (κ1) is 9.86. The molecule has 1 atom stereocenters. The highest BCUT2D eigenvalue weighted by atomic mass is 15.0. The first-order valence-electron chi connectivity index (χ1n) is 4.93. The van der Waals surface area contributed by atoms with Crippen LogP contribution in [0.5, 0.6) is 0 Å². The average molecular weight is 202 g/mol. The molecule has 4 nitrogen and oxygen atoms in total. The van der Waals surface area contributed by atoms with Crippen LogP contribution in [-0.4, -0.2) is 20.6 Å². The molecule has 2 heterocycles. The molecule has 0 aliphatic heterocycles. The first-order chi connectivity index (χ1) is 7.25. The summed E-state index contributed by atoms with van der Waals surface area (Å²) in [4.78, 5) is 8.19. The molecule has 2 N–H and O–H groups in total. The molecule has 0 fully saturated rings. The Kier molecular flexibility index (Phi) is 2.78. The topological polar surface area (TPSA) is 56.7 Å². The highest BCUT2D eigenvalue weighted by Crippen LogP contribution is 2.09. The molecule has 1 unspecified atom stereocenters. The second kappa shape index (κ2) is 4.23. The quantitative estimate of drug-likeness (QED) is 0.812. The number of nitrogens with two attached hydrogens (primary N) is 1. The standard InChI is InChI=1S/C11H14N4/c1-9(12)4-10-5-11(7-14-6-10)15-3-2-13-8-15/h2-3,5-9H,4,12H2,1H3. The van der Waals surface area contributed by atoms with E-state index in [4.69, 9.17) is 5.73 Å². The van der Waals surface area contributed by atoms with Crippen molar-refractivity contribution in [1.29, 1.82) is 0 Å². The van der Waals surface area contributed by atoms with Gasteiger partial charge >= 0.3 is 0 Å². The monoisotopic (exact) mass is 202 g/mol. The first-order valence-corrected chi connectivity index (χ1v) is 4.93. The van der Waals surface area contributed by atoms with E-state index in [-0.39, 0.29) is 6.04 Å². The summed E-state index contributed by atoms with van der Waals surface area (Å²) in [5.41, 5.74) is 7.91.